The summed E-state index contributed by atoms with van der Waals surface area (Å²) >= 11 is 0. The molecule has 2 aromatic carbocycles. The van der Waals surface area contributed by atoms with Crippen molar-refractivity contribution in [1.82, 2.24) is 4.31 Å². The molecular weight excluding hydrogens is 390 g/mol. The zero-order valence-electron chi connectivity index (χ0n) is 14.0. The fourth-order valence-electron chi connectivity index (χ4n) is 2.04. The minimum absolute atomic E-state index is 0.00890. The Morgan fingerprint density at radius 1 is 0.962 bits per heavy atom. The van der Waals surface area contributed by atoms with Crippen LogP contribution in [-0.4, -0.2) is 42.3 Å². The van der Waals surface area contributed by atoms with Crippen molar-refractivity contribution in [3.05, 3.63) is 48.0 Å². The molecule has 0 fully saturated rings. The largest absolute Gasteiger partial charge is 0.495 e. The second-order valence-electron chi connectivity index (χ2n) is 5.33. The van der Waals surface area contributed by atoms with E-state index in [1.807, 2.05) is 0 Å². The Balaban J connectivity index is 2.50. The van der Waals surface area contributed by atoms with E-state index in [4.69, 9.17) is 4.74 Å². The maximum atomic E-state index is 13.8. The predicted molar refractivity (Wildman–Crippen MR) is 91.0 cm³/mol. The van der Waals surface area contributed by atoms with E-state index in [0.29, 0.717) is 6.07 Å². The predicted octanol–water partition coefficient (Wildman–Crippen LogP) is 2.02. The maximum absolute atomic E-state index is 13.8. The first kappa shape index (κ1) is 20.1. The van der Waals surface area contributed by atoms with Gasteiger partial charge in [-0.1, -0.05) is 0 Å². The van der Waals surface area contributed by atoms with Gasteiger partial charge in [-0.15, -0.1) is 0 Å². The fourth-order valence-corrected chi connectivity index (χ4v) is 4.23. The van der Waals surface area contributed by atoms with Crippen LogP contribution in [0.25, 0.3) is 0 Å². The van der Waals surface area contributed by atoms with Gasteiger partial charge in [-0.2, -0.15) is 0 Å². The number of hydrogen-bond acceptors (Lipinski definition) is 5. The van der Waals surface area contributed by atoms with E-state index in [1.54, 1.807) is 0 Å². The number of hydrogen-bond donors (Lipinski definition) is 1. The van der Waals surface area contributed by atoms with Gasteiger partial charge in [0.1, 0.15) is 27.2 Å². The molecular formula is C15H16F2N2O5S2. The number of rotatable bonds is 6. The van der Waals surface area contributed by atoms with Crippen LogP contribution >= 0.6 is 0 Å². The molecule has 0 aliphatic rings. The zero-order chi connectivity index (χ0) is 19.7. The Morgan fingerprint density at radius 3 is 2.15 bits per heavy atom. The highest BCUT2D eigenvalue weighted by molar-refractivity contribution is 7.92. The summed E-state index contributed by atoms with van der Waals surface area (Å²) in [7, 11) is -4.45. The van der Waals surface area contributed by atoms with Crippen molar-refractivity contribution in [3.63, 3.8) is 0 Å². The Labute approximate surface area is 150 Å². The van der Waals surface area contributed by atoms with Crippen LogP contribution in [-0.2, 0) is 20.0 Å². The van der Waals surface area contributed by atoms with E-state index in [0.717, 1.165) is 22.5 Å². The van der Waals surface area contributed by atoms with Gasteiger partial charge in [0.15, 0.2) is 0 Å². The van der Waals surface area contributed by atoms with Gasteiger partial charge >= 0.3 is 0 Å². The van der Waals surface area contributed by atoms with Gasteiger partial charge in [-0.3, -0.25) is 4.72 Å². The minimum Gasteiger partial charge on any atom is -0.495 e. The topological polar surface area (TPSA) is 92.8 Å². The molecule has 0 aliphatic carbocycles. The summed E-state index contributed by atoms with van der Waals surface area (Å²) in [6.45, 7) is 0. The Hall–Kier alpha value is -2.24. The zero-order valence-corrected chi connectivity index (χ0v) is 15.7. The van der Waals surface area contributed by atoms with Crippen LogP contribution in [0.4, 0.5) is 14.5 Å². The summed E-state index contributed by atoms with van der Waals surface area (Å²) in [5, 5.41) is 0. The highest BCUT2D eigenvalue weighted by Crippen LogP contribution is 2.30. The first-order valence-electron chi connectivity index (χ1n) is 7.07. The Bertz CT molecular complexity index is 1040. The molecule has 0 aromatic heterocycles. The van der Waals surface area contributed by atoms with Crippen molar-refractivity contribution in [2.45, 2.75) is 9.79 Å². The highest BCUT2D eigenvalue weighted by atomic mass is 32.2. The number of anilines is 1. The Morgan fingerprint density at radius 2 is 1.62 bits per heavy atom. The fraction of sp³-hybridized carbons (Fsp3) is 0.200. The second kappa shape index (κ2) is 7.17. The summed E-state index contributed by atoms with van der Waals surface area (Å²) in [4.78, 5) is -1.04. The third-order valence-corrected chi connectivity index (χ3v) is 6.61. The van der Waals surface area contributed by atoms with E-state index in [9.17, 15) is 25.6 Å². The van der Waals surface area contributed by atoms with E-state index >= 15 is 0 Å². The molecule has 0 aliphatic heterocycles. The van der Waals surface area contributed by atoms with Crippen molar-refractivity contribution in [3.8, 4) is 5.75 Å². The van der Waals surface area contributed by atoms with E-state index in [2.05, 4.69) is 4.72 Å². The van der Waals surface area contributed by atoms with Crippen LogP contribution in [0.5, 0.6) is 5.75 Å². The molecule has 0 heterocycles. The van der Waals surface area contributed by atoms with Crippen LogP contribution < -0.4 is 9.46 Å². The lowest BCUT2D eigenvalue weighted by Gasteiger charge is -2.16. The van der Waals surface area contributed by atoms with Gasteiger partial charge in [0.05, 0.1) is 12.8 Å². The monoisotopic (exact) mass is 406 g/mol. The number of halogens is 2. The third kappa shape index (κ3) is 3.94. The average Bonchev–Trinajstić information content (AvgIpc) is 2.53. The number of nitrogens with zero attached hydrogens (tertiary/aromatic N) is 1. The minimum atomic E-state index is -4.40. The van der Waals surface area contributed by atoms with Crippen molar-refractivity contribution in [2.75, 3.05) is 25.9 Å². The van der Waals surface area contributed by atoms with Gasteiger partial charge in [0.25, 0.3) is 10.0 Å². The van der Waals surface area contributed by atoms with Crippen molar-refractivity contribution < 1.29 is 30.4 Å². The lowest BCUT2D eigenvalue weighted by molar-refractivity contribution is 0.400. The number of methoxy groups -OCH3 is 1. The highest BCUT2D eigenvalue weighted by Gasteiger charge is 2.25. The molecule has 1 N–H and O–H groups in total. The van der Waals surface area contributed by atoms with Gasteiger partial charge in [0.2, 0.25) is 10.0 Å². The van der Waals surface area contributed by atoms with Crippen LogP contribution in [0.2, 0.25) is 0 Å². The van der Waals surface area contributed by atoms with E-state index in [1.165, 1.54) is 33.3 Å². The number of nitrogens with one attached hydrogen (secondary N) is 1. The molecule has 2 rings (SSSR count). The normalized spacial score (nSPS) is 12.2. The first-order chi connectivity index (χ1) is 12.0. The first-order valence-corrected chi connectivity index (χ1v) is 10.00. The lowest BCUT2D eigenvalue weighted by atomic mass is 10.3. The smallest absolute Gasteiger partial charge is 0.264 e. The average molecular weight is 406 g/mol. The molecule has 2 aromatic rings. The molecule has 0 bridgehead atoms. The number of sulfonamides is 2. The SMILES string of the molecule is COc1ccc(NS(=O)(=O)c2ccc(F)cc2F)cc1S(=O)(=O)N(C)C. The standard InChI is InChI=1S/C15H16F2N2O5S2/c1-19(2)26(22,23)15-9-11(5-6-13(15)24-3)18-25(20,21)14-7-4-10(16)8-12(14)17/h4-9,18H,1-3H3. The van der Waals surface area contributed by atoms with Gasteiger partial charge in [-0.05, 0) is 30.3 Å². The van der Waals surface area contributed by atoms with Gasteiger partial charge in [0, 0.05) is 20.2 Å². The van der Waals surface area contributed by atoms with Crippen LogP contribution in [0.1, 0.15) is 0 Å². The van der Waals surface area contributed by atoms with Gasteiger partial charge < -0.3 is 4.74 Å². The Kier molecular flexibility index (Phi) is 5.54. The molecule has 0 saturated carbocycles. The number of ether oxygens (including phenoxy) is 1. The molecule has 0 radical (unpaired) electrons. The summed E-state index contributed by atoms with van der Waals surface area (Å²) in [5.41, 5.74) is -0.130. The molecule has 26 heavy (non-hydrogen) atoms. The molecule has 0 spiro atoms. The van der Waals surface area contributed by atoms with Crippen LogP contribution in [0, 0.1) is 11.6 Å². The molecule has 142 valence electrons. The van der Waals surface area contributed by atoms with Crippen LogP contribution in [0.3, 0.4) is 0 Å². The quantitative estimate of drug-likeness (QED) is 0.792. The molecule has 11 heteroatoms. The van der Waals surface area contributed by atoms with E-state index in [-0.39, 0.29) is 16.3 Å². The second-order valence-corrected chi connectivity index (χ2v) is 9.10. The summed E-state index contributed by atoms with van der Waals surface area (Å²) < 4.78 is 84.1. The van der Waals surface area contributed by atoms with Crippen LogP contribution in [0.15, 0.2) is 46.2 Å². The number of benzene rings is 2. The summed E-state index contributed by atoms with van der Waals surface area (Å²) in [5.74, 6) is -2.19. The van der Waals surface area contributed by atoms with Crippen molar-refractivity contribution in [1.29, 1.82) is 0 Å². The van der Waals surface area contributed by atoms with Crippen molar-refractivity contribution in [2.24, 2.45) is 0 Å². The maximum Gasteiger partial charge on any atom is 0.264 e. The molecule has 0 atom stereocenters. The summed E-state index contributed by atoms with van der Waals surface area (Å²) in [6, 6.07) is 5.57. The molecule has 7 nitrogen and oxygen atoms in total. The third-order valence-electron chi connectivity index (χ3n) is 3.36. The van der Waals surface area contributed by atoms with E-state index < -0.39 is 36.6 Å². The van der Waals surface area contributed by atoms with Crippen molar-refractivity contribution >= 4 is 25.7 Å². The molecule has 0 unspecified atom stereocenters. The summed E-state index contributed by atoms with van der Waals surface area (Å²) in [6.07, 6.45) is 0. The van der Waals surface area contributed by atoms with Gasteiger partial charge in [-0.25, -0.2) is 29.9 Å². The molecule has 0 amide bonds. The lowest BCUT2D eigenvalue weighted by Crippen LogP contribution is -2.23. The molecule has 0 saturated heterocycles.